The van der Waals surface area contributed by atoms with Gasteiger partial charge in [0, 0.05) is 0 Å². The smallest absolute Gasteiger partial charge is 0.309 e. The zero-order valence-corrected chi connectivity index (χ0v) is 8.50. The summed E-state index contributed by atoms with van der Waals surface area (Å²) in [6.45, 7) is 5.28. The van der Waals surface area contributed by atoms with Crippen LogP contribution < -0.4 is 0 Å². The maximum atomic E-state index is 10.9. The molecule has 0 bridgehead atoms. The van der Waals surface area contributed by atoms with Gasteiger partial charge in [-0.15, -0.1) is 0 Å². The van der Waals surface area contributed by atoms with E-state index in [4.69, 9.17) is 5.11 Å². The number of hydrogen-bond acceptors (Lipinski definition) is 2. The fourth-order valence-corrected chi connectivity index (χ4v) is 2.04. The topological polar surface area (TPSA) is 57.5 Å². The van der Waals surface area contributed by atoms with Crippen LogP contribution in [0.3, 0.4) is 0 Å². The molecule has 1 saturated carbocycles. The molecule has 0 saturated heterocycles. The first-order valence-electron chi connectivity index (χ1n) is 4.71. The Morgan fingerprint density at radius 1 is 1.54 bits per heavy atom. The van der Waals surface area contributed by atoms with Crippen molar-refractivity contribution in [1.29, 1.82) is 0 Å². The fraction of sp³-hybridized carbons (Fsp3) is 0.900. The monoisotopic (exact) mass is 186 g/mol. The lowest BCUT2D eigenvalue weighted by Crippen LogP contribution is -2.31. The van der Waals surface area contributed by atoms with Crippen molar-refractivity contribution in [1.82, 2.24) is 0 Å². The van der Waals surface area contributed by atoms with Crippen molar-refractivity contribution in [3.05, 3.63) is 0 Å². The molecule has 0 aromatic heterocycles. The summed E-state index contributed by atoms with van der Waals surface area (Å²) >= 11 is 0. The van der Waals surface area contributed by atoms with Gasteiger partial charge in [0.1, 0.15) is 0 Å². The quantitative estimate of drug-likeness (QED) is 0.689. The van der Waals surface area contributed by atoms with Gasteiger partial charge < -0.3 is 10.2 Å². The molecule has 0 aromatic carbocycles. The molecule has 0 aliphatic heterocycles. The largest absolute Gasteiger partial charge is 0.481 e. The van der Waals surface area contributed by atoms with Gasteiger partial charge in [-0.25, -0.2) is 0 Å². The Kier molecular flexibility index (Phi) is 2.41. The molecule has 0 radical (unpaired) electrons. The standard InChI is InChI=1S/C10H18O3/c1-9(2,13)7-4-5-10(3,6-7)8(11)12/h7,13H,4-6H2,1-3H3,(H,11,12). The van der Waals surface area contributed by atoms with Crippen LogP contribution >= 0.6 is 0 Å². The van der Waals surface area contributed by atoms with Crippen LogP contribution in [-0.4, -0.2) is 21.8 Å². The maximum absolute atomic E-state index is 10.9. The molecule has 1 aliphatic rings. The lowest BCUT2D eigenvalue weighted by Gasteiger charge is -2.26. The van der Waals surface area contributed by atoms with Gasteiger partial charge in [-0.1, -0.05) is 0 Å². The summed E-state index contributed by atoms with van der Waals surface area (Å²) in [5, 5.41) is 18.7. The van der Waals surface area contributed by atoms with E-state index in [9.17, 15) is 9.90 Å². The van der Waals surface area contributed by atoms with Crippen molar-refractivity contribution in [3.8, 4) is 0 Å². The summed E-state index contributed by atoms with van der Waals surface area (Å²) in [6.07, 6.45) is 2.08. The Morgan fingerprint density at radius 3 is 2.31 bits per heavy atom. The predicted octanol–water partition coefficient (Wildman–Crippen LogP) is 1.65. The third kappa shape index (κ3) is 2.02. The zero-order valence-electron chi connectivity index (χ0n) is 8.50. The molecule has 76 valence electrons. The molecule has 2 atom stereocenters. The van der Waals surface area contributed by atoms with Crippen LogP contribution in [0.5, 0.6) is 0 Å². The second-order valence-electron chi connectivity index (χ2n) is 4.96. The third-order valence-corrected chi connectivity index (χ3v) is 3.26. The molecule has 0 heterocycles. The minimum absolute atomic E-state index is 0.119. The maximum Gasteiger partial charge on any atom is 0.309 e. The van der Waals surface area contributed by atoms with E-state index in [0.29, 0.717) is 12.8 Å². The fourth-order valence-electron chi connectivity index (χ4n) is 2.04. The average molecular weight is 186 g/mol. The highest BCUT2D eigenvalue weighted by atomic mass is 16.4. The highest BCUT2D eigenvalue weighted by molar-refractivity contribution is 5.74. The van der Waals surface area contributed by atoms with Crippen LogP contribution in [0, 0.1) is 11.3 Å². The van der Waals surface area contributed by atoms with E-state index >= 15 is 0 Å². The summed E-state index contributed by atoms with van der Waals surface area (Å²) in [7, 11) is 0. The zero-order chi connectivity index (χ0) is 10.3. The molecule has 0 spiro atoms. The molecule has 3 nitrogen and oxygen atoms in total. The van der Waals surface area contributed by atoms with E-state index in [2.05, 4.69) is 0 Å². The van der Waals surface area contributed by atoms with Crippen molar-refractivity contribution in [3.63, 3.8) is 0 Å². The summed E-state index contributed by atoms with van der Waals surface area (Å²) in [6, 6.07) is 0. The van der Waals surface area contributed by atoms with Gasteiger partial charge in [0.15, 0.2) is 0 Å². The van der Waals surface area contributed by atoms with Gasteiger partial charge >= 0.3 is 5.97 Å². The minimum atomic E-state index is -0.743. The van der Waals surface area contributed by atoms with Gasteiger partial charge in [0.05, 0.1) is 11.0 Å². The Morgan fingerprint density at radius 2 is 2.08 bits per heavy atom. The van der Waals surface area contributed by atoms with Crippen molar-refractivity contribution in [2.75, 3.05) is 0 Å². The molecule has 0 amide bonds. The molecule has 1 aliphatic carbocycles. The van der Waals surface area contributed by atoms with Gasteiger partial charge in [-0.3, -0.25) is 4.79 Å². The first-order valence-corrected chi connectivity index (χ1v) is 4.71. The number of carbonyl (C=O) groups is 1. The second-order valence-corrected chi connectivity index (χ2v) is 4.96. The number of hydrogen-bond donors (Lipinski definition) is 2. The Hall–Kier alpha value is -0.570. The van der Waals surface area contributed by atoms with Gasteiger partial charge in [-0.2, -0.15) is 0 Å². The number of rotatable bonds is 2. The van der Waals surface area contributed by atoms with E-state index in [0.717, 1.165) is 6.42 Å². The molecular weight excluding hydrogens is 168 g/mol. The highest BCUT2D eigenvalue weighted by Crippen LogP contribution is 2.45. The predicted molar refractivity (Wildman–Crippen MR) is 49.4 cm³/mol. The molecule has 1 fully saturated rings. The molecular formula is C10H18O3. The van der Waals surface area contributed by atoms with Crippen molar-refractivity contribution in [2.45, 2.75) is 45.6 Å². The molecule has 2 unspecified atom stereocenters. The average Bonchev–Trinajstić information content (AvgIpc) is 2.31. The van der Waals surface area contributed by atoms with Crippen LogP contribution in [0.4, 0.5) is 0 Å². The van der Waals surface area contributed by atoms with Crippen LogP contribution in [0.2, 0.25) is 0 Å². The summed E-state index contributed by atoms with van der Waals surface area (Å²) in [5.41, 5.74) is -1.36. The molecule has 13 heavy (non-hydrogen) atoms. The minimum Gasteiger partial charge on any atom is -0.481 e. The van der Waals surface area contributed by atoms with E-state index in [-0.39, 0.29) is 5.92 Å². The van der Waals surface area contributed by atoms with Crippen molar-refractivity contribution < 1.29 is 15.0 Å². The first-order chi connectivity index (χ1) is 5.76. The second kappa shape index (κ2) is 2.98. The first kappa shape index (κ1) is 10.5. The van der Waals surface area contributed by atoms with Gasteiger partial charge in [0.2, 0.25) is 0 Å². The number of carboxylic acids is 1. The highest BCUT2D eigenvalue weighted by Gasteiger charge is 2.45. The Labute approximate surface area is 78.8 Å². The molecule has 0 aromatic rings. The lowest BCUT2D eigenvalue weighted by molar-refractivity contribution is -0.148. The SMILES string of the molecule is CC1(C(=O)O)CCC(C(C)(C)O)C1. The summed E-state index contributed by atoms with van der Waals surface area (Å²) in [4.78, 5) is 10.9. The summed E-state index contributed by atoms with van der Waals surface area (Å²) in [5.74, 6) is -0.618. The van der Waals surface area contributed by atoms with Crippen molar-refractivity contribution in [2.24, 2.45) is 11.3 Å². The van der Waals surface area contributed by atoms with Crippen LogP contribution in [0.15, 0.2) is 0 Å². The lowest BCUT2D eigenvalue weighted by atomic mass is 9.83. The number of aliphatic hydroxyl groups is 1. The van der Waals surface area contributed by atoms with E-state index in [1.165, 1.54) is 0 Å². The van der Waals surface area contributed by atoms with Crippen LogP contribution in [0.1, 0.15) is 40.0 Å². The summed E-state index contributed by atoms with van der Waals surface area (Å²) < 4.78 is 0. The Bertz CT molecular complexity index is 217. The van der Waals surface area contributed by atoms with E-state index < -0.39 is 17.0 Å². The Balaban J connectivity index is 2.69. The number of carboxylic acid groups (broad SMARTS) is 1. The van der Waals surface area contributed by atoms with E-state index in [1.807, 2.05) is 0 Å². The molecule has 2 N–H and O–H groups in total. The van der Waals surface area contributed by atoms with Crippen molar-refractivity contribution >= 4 is 5.97 Å². The third-order valence-electron chi connectivity index (χ3n) is 3.26. The normalized spacial score (nSPS) is 34.9. The number of aliphatic carboxylic acids is 1. The van der Waals surface area contributed by atoms with Crippen LogP contribution in [-0.2, 0) is 4.79 Å². The van der Waals surface area contributed by atoms with E-state index in [1.54, 1.807) is 20.8 Å². The van der Waals surface area contributed by atoms with Gasteiger partial charge in [0.25, 0.3) is 0 Å². The molecule has 1 rings (SSSR count). The van der Waals surface area contributed by atoms with Gasteiger partial charge in [-0.05, 0) is 46.0 Å². The molecule has 3 heteroatoms. The van der Waals surface area contributed by atoms with Crippen LogP contribution in [0.25, 0.3) is 0 Å².